The van der Waals surface area contributed by atoms with E-state index >= 15 is 0 Å². The number of nitrogens with zero attached hydrogens (tertiary/aromatic N) is 4. The van der Waals surface area contributed by atoms with E-state index in [-0.39, 0.29) is 6.04 Å². The first kappa shape index (κ1) is 25.9. The van der Waals surface area contributed by atoms with Crippen molar-refractivity contribution in [2.75, 3.05) is 24.2 Å². The summed E-state index contributed by atoms with van der Waals surface area (Å²) in [5, 5.41) is 7.29. The van der Waals surface area contributed by atoms with Crippen LogP contribution in [0, 0.1) is 0 Å². The number of rotatable bonds is 6. The van der Waals surface area contributed by atoms with Crippen molar-refractivity contribution in [2.45, 2.75) is 32.4 Å². The molecule has 0 bridgehead atoms. The van der Waals surface area contributed by atoms with Crippen LogP contribution in [0.15, 0.2) is 91.4 Å². The van der Waals surface area contributed by atoms with Gasteiger partial charge in [0.15, 0.2) is 5.82 Å². The van der Waals surface area contributed by atoms with Gasteiger partial charge in [-0.3, -0.25) is 10.3 Å². The maximum atomic E-state index is 12.3. The molecule has 0 radical (unpaired) electrons. The maximum Gasteiger partial charge on any atom is 0.412 e. The molecular formula is C31H32N6O2. The minimum Gasteiger partial charge on any atom is -0.444 e. The number of pyridine rings is 1. The van der Waals surface area contributed by atoms with Gasteiger partial charge in [0.05, 0.1) is 28.8 Å². The van der Waals surface area contributed by atoms with Gasteiger partial charge >= 0.3 is 6.09 Å². The van der Waals surface area contributed by atoms with Crippen LogP contribution in [-0.2, 0) is 4.74 Å². The minimum atomic E-state index is -0.606. The summed E-state index contributed by atoms with van der Waals surface area (Å²) >= 11 is 0. The number of hydrogen-bond donors (Lipinski definition) is 2. The van der Waals surface area contributed by atoms with Gasteiger partial charge in [-0.1, -0.05) is 54.6 Å². The van der Waals surface area contributed by atoms with Crippen molar-refractivity contribution in [3.05, 3.63) is 91.4 Å². The highest BCUT2D eigenvalue weighted by Crippen LogP contribution is 2.34. The van der Waals surface area contributed by atoms with Gasteiger partial charge in [0, 0.05) is 25.4 Å². The van der Waals surface area contributed by atoms with Crippen molar-refractivity contribution in [3.63, 3.8) is 0 Å². The maximum absolute atomic E-state index is 12.3. The summed E-state index contributed by atoms with van der Waals surface area (Å²) in [6, 6.07) is 18.3. The fourth-order valence-corrected chi connectivity index (χ4v) is 4.39. The SMILES string of the molecule is CN1C=CC=CC1CNc1nc(-c2cncc(NC(=O)OC(C)(C)C)c2)nc2cccc(-c3ccccc3)c12. The number of hydrogen-bond acceptors (Lipinski definition) is 7. The average molecular weight is 521 g/mol. The number of ether oxygens (including phenoxy) is 1. The second-order valence-corrected chi connectivity index (χ2v) is 10.4. The average Bonchev–Trinajstić information content (AvgIpc) is 2.91. The highest BCUT2D eigenvalue weighted by atomic mass is 16.6. The lowest BCUT2D eigenvalue weighted by Crippen LogP contribution is -2.33. The Morgan fingerprint density at radius 1 is 1.00 bits per heavy atom. The predicted molar refractivity (Wildman–Crippen MR) is 156 cm³/mol. The van der Waals surface area contributed by atoms with Crippen LogP contribution in [-0.4, -0.2) is 51.2 Å². The molecule has 39 heavy (non-hydrogen) atoms. The Labute approximate surface area is 228 Å². The molecule has 1 unspecified atom stereocenters. The Kier molecular flexibility index (Phi) is 7.27. The summed E-state index contributed by atoms with van der Waals surface area (Å²) in [7, 11) is 2.06. The molecule has 0 saturated heterocycles. The largest absolute Gasteiger partial charge is 0.444 e. The van der Waals surface area contributed by atoms with Gasteiger partial charge in [0.1, 0.15) is 11.4 Å². The van der Waals surface area contributed by atoms with E-state index in [1.54, 1.807) is 18.5 Å². The zero-order valence-corrected chi connectivity index (χ0v) is 22.6. The topological polar surface area (TPSA) is 92.3 Å². The zero-order valence-electron chi connectivity index (χ0n) is 22.6. The third kappa shape index (κ3) is 6.23. The number of nitrogens with one attached hydrogen (secondary N) is 2. The van der Waals surface area contributed by atoms with Crippen molar-refractivity contribution in [2.24, 2.45) is 0 Å². The quantitative estimate of drug-likeness (QED) is 0.300. The predicted octanol–water partition coefficient (Wildman–Crippen LogP) is 6.50. The Morgan fingerprint density at radius 3 is 2.59 bits per heavy atom. The van der Waals surface area contributed by atoms with E-state index in [1.807, 2.05) is 57.2 Å². The second-order valence-electron chi connectivity index (χ2n) is 10.4. The van der Waals surface area contributed by atoms with Crippen LogP contribution >= 0.6 is 0 Å². The molecule has 2 aromatic heterocycles. The Morgan fingerprint density at radius 2 is 1.82 bits per heavy atom. The number of allylic oxidation sites excluding steroid dienone is 2. The number of fused-ring (bicyclic) bond motifs is 1. The van der Waals surface area contributed by atoms with Crippen molar-refractivity contribution in [3.8, 4) is 22.5 Å². The van der Waals surface area contributed by atoms with E-state index < -0.39 is 11.7 Å². The van der Waals surface area contributed by atoms with Gasteiger partial charge in [-0.15, -0.1) is 0 Å². The van der Waals surface area contributed by atoms with Crippen LogP contribution < -0.4 is 10.6 Å². The summed E-state index contributed by atoms with van der Waals surface area (Å²) in [4.78, 5) is 28.7. The van der Waals surface area contributed by atoms with E-state index in [2.05, 4.69) is 64.1 Å². The van der Waals surface area contributed by atoms with E-state index in [1.165, 1.54) is 0 Å². The van der Waals surface area contributed by atoms with Crippen molar-refractivity contribution < 1.29 is 9.53 Å². The first-order valence-corrected chi connectivity index (χ1v) is 12.9. The summed E-state index contributed by atoms with van der Waals surface area (Å²) in [5.74, 6) is 1.24. The van der Waals surface area contributed by atoms with Gasteiger partial charge in [0.25, 0.3) is 0 Å². The first-order valence-electron chi connectivity index (χ1n) is 12.9. The summed E-state index contributed by atoms with van der Waals surface area (Å²) in [6.45, 7) is 6.11. The summed E-state index contributed by atoms with van der Waals surface area (Å²) in [6.07, 6.45) is 11.0. The Bertz CT molecular complexity index is 1540. The molecule has 1 aliphatic heterocycles. The molecule has 1 aliphatic rings. The molecule has 0 spiro atoms. The van der Waals surface area contributed by atoms with Crippen LogP contribution in [0.2, 0.25) is 0 Å². The number of aromatic nitrogens is 3. The number of anilines is 2. The summed E-state index contributed by atoms with van der Waals surface area (Å²) in [5.41, 5.74) is 3.51. The molecular weight excluding hydrogens is 488 g/mol. The lowest BCUT2D eigenvalue weighted by molar-refractivity contribution is 0.0636. The monoisotopic (exact) mass is 520 g/mol. The molecule has 1 atom stereocenters. The van der Waals surface area contributed by atoms with Gasteiger partial charge in [-0.2, -0.15) is 0 Å². The Balaban J connectivity index is 1.55. The van der Waals surface area contributed by atoms with E-state index in [0.717, 1.165) is 27.8 Å². The number of amides is 1. The lowest BCUT2D eigenvalue weighted by atomic mass is 10.0. The molecule has 3 heterocycles. The standard InChI is InChI=1S/C31H32N6O2/c1-31(2,3)39-30(38)34-23-17-22(18-32-19-23)28-35-26-15-10-14-25(21-11-6-5-7-12-21)27(26)29(36-28)33-20-24-13-8-9-16-37(24)4/h5-19,24H,20H2,1-4H3,(H,34,38)(H,33,35,36). The zero-order chi connectivity index (χ0) is 27.4. The van der Waals surface area contributed by atoms with Crippen molar-refractivity contribution >= 4 is 28.5 Å². The first-order chi connectivity index (χ1) is 18.8. The molecule has 1 amide bonds. The molecule has 0 fully saturated rings. The van der Waals surface area contributed by atoms with Crippen LogP contribution in [0.3, 0.4) is 0 Å². The van der Waals surface area contributed by atoms with Crippen molar-refractivity contribution in [1.29, 1.82) is 0 Å². The molecule has 4 aromatic rings. The normalized spacial score (nSPS) is 14.9. The summed E-state index contributed by atoms with van der Waals surface area (Å²) < 4.78 is 5.38. The minimum absolute atomic E-state index is 0.176. The van der Waals surface area contributed by atoms with Gasteiger partial charge in [-0.05, 0) is 56.3 Å². The molecule has 0 saturated carbocycles. The second kappa shape index (κ2) is 10.9. The van der Waals surface area contributed by atoms with Crippen LogP contribution in [0.1, 0.15) is 20.8 Å². The Hall–Kier alpha value is -4.72. The smallest absolute Gasteiger partial charge is 0.412 e. The highest BCUT2D eigenvalue weighted by Gasteiger charge is 2.19. The number of benzene rings is 2. The molecule has 0 aliphatic carbocycles. The molecule has 5 rings (SSSR count). The number of likely N-dealkylation sites (N-methyl/N-ethyl adjacent to an activating group) is 1. The lowest BCUT2D eigenvalue weighted by Gasteiger charge is -2.27. The molecule has 2 aromatic carbocycles. The number of carbonyl (C=O) groups is 1. The van der Waals surface area contributed by atoms with Crippen molar-refractivity contribution in [1.82, 2.24) is 19.9 Å². The van der Waals surface area contributed by atoms with E-state index in [9.17, 15) is 4.79 Å². The van der Waals surface area contributed by atoms with Gasteiger partial charge < -0.3 is 15.0 Å². The van der Waals surface area contributed by atoms with E-state index in [4.69, 9.17) is 14.7 Å². The van der Waals surface area contributed by atoms with Crippen LogP contribution in [0.4, 0.5) is 16.3 Å². The fourth-order valence-electron chi connectivity index (χ4n) is 4.39. The third-order valence-electron chi connectivity index (χ3n) is 6.22. The molecule has 198 valence electrons. The van der Waals surface area contributed by atoms with E-state index in [0.29, 0.717) is 23.6 Å². The highest BCUT2D eigenvalue weighted by molar-refractivity contribution is 6.02. The number of carbonyl (C=O) groups excluding carboxylic acids is 1. The van der Waals surface area contributed by atoms with Crippen LogP contribution in [0.25, 0.3) is 33.4 Å². The molecule has 8 heteroatoms. The fraction of sp³-hybridized carbons (Fsp3) is 0.226. The van der Waals surface area contributed by atoms with Crippen LogP contribution in [0.5, 0.6) is 0 Å². The van der Waals surface area contributed by atoms with Gasteiger partial charge in [0.2, 0.25) is 0 Å². The third-order valence-corrected chi connectivity index (χ3v) is 6.22. The van der Waals surface area contributed by atoms with Gasteiger partial charge in [-0.25, -0.2) is 14.8 Å². The molecule has 2 N–H and O–H groups in total. The molecule has 8 nitrogen and oxygen atoms in total.